The molecule has 1 aromatic heterocycles. The fraction of sp³-hybridized carbons (Fsp3) is 0.455. The minimum Gasteiger partial charge on any atom is -0.417 e. The Morgan fingerprint density at radius 2 is 2.25 bits per heavy atom. The molecule has 0 aromatic carbocycles. The van der Waals surface area contributed by atoms with Gasteiger partial charge in [0, 0.05) is 19.0 Å². The second-order valence-corrected chi connectivity index (χ2v) is 4.02. The summed E-state index contributed by atoms with van der Waals surface area (Å²) >= 11 is 0. The molecule has 2 rings (SSSR count). The summed E-state index contributed by atoms with van der Waals surface area (Å²) < 4.78 is 41.0. The van der Waals surface area contributed by atoms with E-state index < -0.39 is 24.7 Å². The van der Waals surface area contributed by atoms with E-state index >= 15 is 0 Å². The monoisotopic (exact) mass is 311 g/mol. The Morgan fingerprint density at radius 1 is 1.50 bits per heavy atom. The molecule has 2 atom stereocenters. The minimum atomic E-state index is -2.98. The summed E-state index contributed by atoms with van der Waals surface area (Å²) in [5.74, 6) is -0.676. The summed E-state index contributed by atoms with van der Waals surface area (Å²) in [7, 11) is 0. The van der Waals surface area contributed by atoms with Gasteiger partial charge in [-0.05, 0) is 6.07 Å². The van der Waals surface area contributed by atoms with Gasteiger partial charge in [-0.1, -0.05) is 6.07 Å². The van der Waals surface area contributed by atoms with Gasteiger partial charge in [0.1, 0.15) is 12.0 Å². The third kappa shape index (κ3) is 4.53. The van der Waals surface area contributed by atoms with Gasteiger partial charge in [-0.15, -0.1) is 12.4 Å². The van der Waals surface area contributed by atoms with Crippen molar-refractivity contribution in [1.82, 2.24) is 10.3 Å². The fourth-order valence-corrected chi connectivity index (χ4v) is 1.75. The summed E-state index contributed by atoms with van der Waals surface area (Å²) in [6, 6.07) is 3.45. The first-order chi connectivity index (χ1) is 9.04. The quantitative estimate of drug-likeness (QED) is 0.889. The van der Waals surface area contributed by atoms with Crippen LogP contribution >= 0.6 is 12.4 Å². The zero-order chi connectivity index (χ0) is 13.8. The number of nitrogens with one attached hydrogen (secondary N) is 2. The summed E-state index contributed by atoms with van der Waals surface area (Å²) in [6.45, 7) is -2.86. The lowest BCUT2D eigenvalue weighted by molar-refractivity contribution is -0.117. The normalized spacial score (nSPS) is 21.4. The first-order valence-corrected chi connectivity index (χ1v) is 5.65. The van der Waals surface area contributed by atoms with Crippen LogP contribution in [0.1, 0.15) is 6.42 Å². The SMILES string of the molecule is Cl.O=C(Nc1cccc(OC(F)F)n1)[C@@H]1C[C@@H](F)CN1. The Hall–Kier alpha value is -1.54. The molecule has 0 unspecified atom stereocenters. The molecule has 1 fully saturated rings. The summed E-state index contributed by atoms with van der Waals surface area (Å²) in [4.78, 5) is 15.4. The van der Waals surface area contributed by atoms with Gasteiger partial charge in [0.05, 0.1) is 6.04 Å². The fourth-order valence-electron chi connectivity index (χ4n) is 1.75. The molecule has 0 bridgehead atoms. The molecule has 0 radical (unpaired) electrons. The lowest BCUT2D eigenvalue weighted by Crippen LogP contribution is -2.35. The van der Waals surface area contributed by atoms with Gasteiger partial charge in [0.15, 0.2) is 0 Å². The van der Waals surface area contributed by atoms with Crippen LogP contribution in [-0.2, 0) is 4.79 Å². The van der Waals surface area contributed by atoms with Crippen LogP contribution in [0.5, 0.6) is 5.88 Å². The van der Waals surface area contributed by atoms with Crippen molar-refractivity contribution in [2.75, 3.05) is 11.9 Å². The Bertz CT molecular complexity index is 464. The van der Waals surface area contributed by atoms with E-state index in [0.29, 0.717) is 0 Å². The van der Waals surface area contributed by atoms with Crippen molar-refractivity contribution >= 4 is 24.1 Å². The Kier molecular flexibility index (Phi) is 6.03. The van der Waals surface area contributed by atoms with Crippen LogP contribution in [0.25, 0.3) is 0 Å². The number of ether oxygens (including phenoxy) is 1. The van der Waals surface area contributed by atoms with Gasteiger partial charge < -0.3 is 15.4 Å². The molecular formula is C11H13ClF3N3O2. The molecule has 0 aliphatic carbocycles. The van der Waals surface area contributed by atoms with Gasteiger partial charge in [-0.3, -0.25) is 4.79 Å². The number of amides is 1. The largest absolute Gasteiger partial charge is 0.417 e. The van der Waals surface area contributed by atoms with E-state index in [0.717, 1.165) is 0 Å². The number of hydrogen-bond donors (Lipinski definition) is 2. The minimum absolute atomic E-state index is 0. The van der Waals surface area contributed by atoms with Crippen molar-refractivity contribution in [2.24, 2.45) is 0 Å². The number of rotatable bonds is 4. The summed E-state index contributed by atoms with van der Waals surface area (Å²) in [6.07, 6.45) is -0.976. The van der Waals surface area contributed by atoms with Crippen LogP contribution in [0.3, 0.4) is 0 Å². The lowest BCUT2D eigenvalue weighted by atomic mass is 10.2. The molecule has 1 aliphatic rings. The zero-order valence-corrected chi connectivity index (χ0v) is 11.0. The van der Waals surface area contributed by atoms with Crippen molar-refractivity contribution in [3.8, 4) is 5.88 Å². The highest BCUT2D eigenvalue weighted by Gasteiger charge is 2.29. The topological polar surface area (TPSA) is 63.2 Å². The maximum absolute atomic E-state index is 12.9. The standard InChI is InChI=1S/C11H12F3N3O2.ClH/c12-6-4-7(15-5-6)10(18)17-8-2-1-3-9(16-8)19-11(13)14;/h1-3,6-7,11,15H,4-5H2,(H,16,17,18);1H/t6-,7+;/m1./s1. The molecule has 112 valence electrons. The van der Waals surface area contributed by atoms with Gasteiger partial charge in [-0.25, -0.2) is 4.39 Å². The molecular weight excluding hydrogens is 299 g/mol. The Labute approximate surface area is 119 Å². The molecule has 9 heteroatoms. The van der Waals surface area contributed by atoms with Gasteiger partial charge in [-0.2, -0.15) is 13.8 Å². The van der Waals surface area contributed by atoms with E-state index in [1.165, 1.54) is 18.2 Å². The number of pyridine rings is 1. The molecule has 0 saturated carbocycles. The van der Waals surface area contributed by atoms with Crippen molar-refractivity contribution in [3.63, 3.8) is 0 Å². The van der Waals surface area contributed by atoms with Gasteiger partial charge in [0.2, 0.25) is 11.8 Å². The maximum atomic E-state index is 12.9. The van der Waals surface area contributed by atoms with Crippen LogP contribution in [0, 0.1) is 0 Å². The van der Waals surface area contributed by atoms with Crippen LogP contribution in [0.2, 0.25) is 0 Å². The number of nitrogens with zero attached hydrogens (tertiary/aromatic N) is 1. The Balaban J connectivity index is 0.00000200. The Morgan fingerprint density at radius 3 is 2.85 bits per heavy atom. The number of halogens is 4. The number of anilines is 1. The van der Waals surface area contributed by atoms with E-state index in [4.69, 9.17) is 0 Å². The molecule has 1 amide bonds. The van der Waals surface area contributed by atoms with E-state index in [1.54, 1.807) is 0 Å². The van der Waals surface area contributed by atoms with E-state index in [-0.39, 0.29) is 37.1 Å². The first kappa shape index (κ1) is 16.5. The zero-order valence-electron chi connectivity index (χ0n) is 10.2. The summed E-state index contributed by atoms with van der Waals surface area (Å²) in [5, 5.41) is 5.12. The van der Waals surface area contributed by atoms with Crippen LogP contribution in [-0.4, -0.2) is 36.3 Å². The molecule has 1 aliphatic heterocycles. The van der Waals surface area contributed by atoms with Crippen molar-refractivity contribution < 1.29 is 22.7 Å². The summed E-state index contributed by atoms with van der Waals surface area (Å²) in [5.41, 5.74) is 0. The maximum Gasteiger partial charge on any atom is 0.388 e. The third-order valence-corrected chi connectivity index (χ3v) is 2.58. The third-order valence-electron chi connectivity index (χ3n) is 2.58. The highest BCUT2D eigenvalue weighted by atomic mass is 35.5. The highest BCUT2D eigenvalue weighted by molar-refractivity contribution is 5.94. The van der Waals surface area contributed by atoms with E-state index in [9.17, 15) is 18.0 Å². The molecule has 5 nitrogen and oxygen atoms in total. The van der Waals surface area contributed by atoms with Crippen LogP contribution in [0.4, 0.5) is 19.0 Å². The predicted molar refractivity (Wildman–Crippen MR) is 68.1 cm³/mol. The average Bonchev–Trinajstić information content (AvgIpc) is 2.75. The van der Waals surface area contributed by atoms with Gasteiger partial charge >= 0.3 is 6.61 Å². The number of carbonyl (C=O) groups excluding carboxylic acids is 1. The van der Waals surface area contributed by atoms with E-state index in [2.05, 4.69) is 20.4 Å². The number of alkyl halides is 3. The van der Waals surface area contributed by atoms with Crippen molar-refractivity contribution in [2.45, 2.75) is 25.2 Å². The molecule has 2 heterocycles. The molecule has 1 aromatic rings. The molecule has 1 saturated heterocycles. The average molecular weight is 312 g/mol. The number of aromatic nitrogens is 1. The molecule has 0 spiro atoms. The molecule has 2 N–H and O–H groups in total. The van der Waals surface area contributed by atoms with E-state index in [1.807, 2.05) is 0 Å². The van der Waals surface area contributed by atoms with Gasteiger partial charge in [0.25, 0.3) is 0 Å². The smallest absolute Gasteiger partial charge is 0.388 e. The molecule has 20 heavy (non-hydrogen) atoms. The van der Waals surface area contributed by atoms with Crippen LogP contribution in [0.15, 0.2) is 18.2 Å². The number of hydrogen-bond acceptors (Lipinski definition) is 4. The number of carbonyl (C=O) groups is 1. The second kappa shape index (κ2) is 7.30. The van der Waals surface area contributed by atoms with Crippen molar-refractivity contribution in [3.05, 3.63) is 18.2 Å². The highest BCUT2D eigenvalue weighted by Crippen LogP contribution is 2.16. The predicted octanol–water partition coefficient (Wildman–Crippen LogP) is 1.74. The van der Waals surface area contributed by atoms with Crippen molar-refractivity contribution in [1.29, 1.82) is 0 Å². The first-order valence-electron chi connectivity index (χ1n) is 5.65. The van der Waals surface area contributed by atoms with Crippen LogP contribution < -0.4 is 15.4 Å². The lowest BCUT2D eigenvalue weighted by Gasteiger charge is -2.11. The second-order valence-electron chi connectivity index (χ2n) is 4.02.